The molecule has 1 aromatic carbocycles. The summed E-state index contributed by atoms with van der Waals surface area (Å²) in [6.45, 7) is 2.01. The summed E-state index contributed by atoms with van der Waals surface area (Å²) < 4.78 is 5.53. The third-order valence-corrected chi connectivity index (χ3v) is 2.91. The lowest BCUT2D eigenvalue weighted by Crippen LogP contribution is -2.35. The summed E-state index contributed by atoms with van der Waals surface area (Å²) in [5.74, 6) is -0.0977. The van der Waals surface area contributed by atoms with Gasteiger partial charge >= 0.3 is 0 Å². The summed E-state index contributed by atoms with van der Waals surface area (Å²) in [5.41, 5.74) is 1.72. The van der Waals surface area contributed by atoms with Crippen LogP contribution in [0.25, 0.3) is 11.0 Å². The molecule has 0 bridgehead atoms. The third kappa shape index (κ3) is 2.94. The average molecular weight is 263 g/mol. The SMILES string of the molecule is Cc1ccc2cc(C(=O)N(CCO)CCO)oc2c1. The first-order chi connectivity index (χ1) is 9.15. The first-order valence-electron chi connectivity index (χ1n) is 6.17. The number of carbonyl (C=O) groups is 1. The molecule has 19 heavy (non-hydrogen) atoms. The Balaban J connectivity index is 2.29. The largest absolute Gasteiger partial charge is 0.451 e. The quantitative estimate of drug-likeness (QED) is 0.849. The van der Waals surface area contributed by atoms with Gasteiger partial charge in [0.1, 0.15) is 5.58 Å². The number of furan rings is 1. The number of rotatable bonds is 5. The van der Waals surface area contributed by atoms with Gasteiger partial charge in [0.2, 0.25) is 0 Å². The summed E-state index contributed by atoms with van der Waals surface area (Å²) in [4.78, 5) is 13.6. The smallest absolute Gasteiger partial charge is 0.289 e. The molecular formula is C14H17NO4. The van der Waals surface area contributed by atoms with E-state index in [1.54, 1.807) is 6.07 Å². The zero-order valence-corrected chi connectivity index (χ0v) is 10.8. The Hall–Kier alpha value is -1.85. The van der Waals surface area contributed by atoms with Gasteiger partial charge in [-0.2, -0.15) is 0 Å². The maximum atomic E-state index is 12.2. The van der Waals surface area contributed by atoms with Crippen molar-refractivity contribution in [1.82, 2.24) is 4.90 Å². The molecule has 0 saturated heterocycles. The van der Waals surface area contributed by atoms with Crippen molar-refractivity contribution in [3.05, 3.63) is 35.6 Å². The molecule has 0 spiro atoms. The molecule has 1 heterocycles. The highest BCUT2D eigenvalue weighted by atomic mass is 16.3. The van der Waals surface area contributed by atoms with Gasteiger partial charge in [0.25, 0.3) is 5.91 Å². The van der Waals surface area contributed by atoms with Gasteiger partial charge in [0.15, 0.2) is 5.76 Å². The topological polar surface area (TPSA) is 73.9 Å². The van der Waals surface area contributed by atoms with E-state index in [0.717, 1.165) is 10.9 Å². The second-order valence-electron chi connectivity index (χ2n) is 4.39. The predicted octanol–water partition coefficient (Wildman–Crippen LogP) is 1.17. The molecule has 0 radical (unpaired) electrons. The van der Waals surface area contributed by atoms with Crippen LogP contribution >= 0.6 is 0 Å². The van der Waals surface area contributed by atoms with E-state index in [1.165, 1.54) is 4.90 Å². The molecule has 0 aliphatic carbocycles. The van der Waals surface area contributed by atoms with Crippen LogP contribution in [0.15, 0.2) is 28.7 Å². The van der Waals surface area contributed by atoms with Crippen molar-refractivity contribution in [3.8, 4) is 0 Å². The molecule has 0 saturated carbocycles. The molecule has 0 unspecified atom stereocenters. The number of fused-ring (bicyclic) bond motifs is 1. The van der Waals surface area contributed by atoms with Gasteiger partial charge in [-0.05, 0) is 24.6 Å². The number of carbonyl (C=O) groups excluding carboxylic acids is 1. The molecule has 5 nitrogen and oxygen atoms in total. The zero-order chi connectivity index (χ0) is 13.8. The number of aryl methyl sites for hydroxylation is 1. The van der Waals surface area contributed by atoms with Gasteiger partial charge < -0.3 is 19.5 Å². The first-order valence-corrected chi connectivity index (χ1v) is 6.17. The van der Waals surface area contributed by atoms with Crippen molar-refractivity contribution >= 4 is 16.9 Å². The zero-order valence-electron chi connectivity index (χ0n) is 10.8. The number of benzene rings is 1. The van der Waals surface area contributed by atoms with Gasteiger partial charge in [-0.1, -0.05) is 12.1 Å². The number of amides is 1. The molecular weight excluding hydrogens is 246 g/mol. The first kappa shape index (κ1) is 13.6. The molecule has 0 aliphatic rings. The van der Waals surface area contributed by atoms with E-state index in [9.17, 15) is 4.79 Å². The van der Waals surface area contributed by atoms with Gasteiger partial charge in [0.05, 0.1) is 13.2 Å². The fraction of sp³-hybridized carbons (Fsp3) is 0.357. The molecule has 2 rings (SSSR count). The highest BCUT2D eigenvalue weighted by Crippen LogP contribution is 2.21. The fourth-order valence-electron chi connectivity index (χ4n) is 1.96. The average Bonchev–Trinajstić information content (AvgIpc) is 2.80. The fourth-order valence-corrected chi connectivity index (χ4v) is 1.96. The standard InChI is InChI=1S/C14H17NO4/c1-10-2-3-11-9-13(19-12(11)8-10)14(18)15(4-6-16)5-7-17/h2-3,8-9,16-17H,4-7H2,1H3. The molecule has 1 aromatic heterocycles. The summed E-state index contributed by atoms with van der Waals surface area (Å²) in [6.07, 6.45) is 0. The highest BCUT2D eigenvalue weighted by Gasteiger charge is 2.19. The second kappa shape index (κ2) is 5.86. The minimum atomic E-state index is -0.322. The number of aliphatic hydroxyl groups excluding tert-OH is 2. The summed E-state index contributed by atoms with van der Waals surface area (Å²) >= 11 is 0. The number of hydrogen-bond donors (Lipinski definition) is 2. The highest BCUT2D eigenvalue weighted by molar-refractivity contribution is 5.96. The van der Waals surface area contributed by atoms with E-state index < -0.39 is 0 Å². The van der Waals surface area contributed by atoms with Crippen molar-refractivity contribution in [3.63, 3.8) is 0 Å². The van der Waals surface area contributed by atoms with Crippen LogP contribution in [-0.4, -0.2) is 47.3 Å². The van der Waals surface area contributed by atoms with Crippen molar-refractivity contribution in [2.45, 2.75) is 6.92 Å². The predicted molar refractivity (Wildman–Crippen MR) is 71.0 cm³/mol. The van der Waals surface area contributed by atoms with Crippen LogP contribution in [0.3, 0.4) is 0 Å². The van der Waals surface area contributed by atoms with Gasteiger partial charge in [-0.3, -0.25) is 4.79 Å². The van der Waals surface area contributed by atoms with E-state index in [-0.39, 0.29) is 38.0 Å². The lowest BCUT2D eigenvalue weighted by Gasteiger charge is -2.18. The van der Waals surface area contributed by atoms with Crippen molar-refractivity contribution < 1.29 is 19.4 Å². The lowest BCUT2D eigenvalue weighted by molar-refractivity contribution is 0.0656. The van der Waals surface area contributed by atoms with Crippen LogP contribution in [-0.2, 0) is 0 Å². The van der Waals surface area contributed by atoms with Crippen molar-refractivity contribution in [2.24, 2.45) is 0 Å². The minimum Gasteiger partial charge on any atom is -0.451 e. The molecule has 0 fully saturated rings. The van der Waals surface area contributed by atoms with E-state index in [2.05, 4.69) is 0 Å². The number of nitrogens with zero attached hydrogens (tertiary/aromatic N) is 1. The second-order valence-corrected chi connectivity index (χ2v) is 4.39. The van der Waals surface area contributed by atoms with Crippen LogP contribution < -0.4 is 0 Å². The van der Waals surface area contributed by atoms with Crippen LogP contribution in [0.2, 0.25) is 0 Å². The Morgan fingerprint density at radius 1 is 1.21 bits per heavy atom. The molecule has 0 atom stereocenters. The Kier molecular flexibility index (Phi) is 4.19. The maximum Gasteiger partial charge on any atom is 0.289 e. The molecule has 0 aliphatic heterocycles. The third-order valence-electron chi connectivity index (χ3n) is 2.91. The number of aliphatic hydroxyl groups is 2. The maximum absolute atomic E-state index is 12.2. The number of hydrogen-bond acceptors (Lipinski definition) is 4. The summed E-state index contributed by atoms with van der Waals surface area (Å²) in [6, 6.07) is 7.39. The van der Waals surface area contributed by atoms with E-state index in [4.69, 9.17) is 14.6 Å². The summed E-state index contributed by atoms with van der Waals surface area (Å²) in [7, 11) is 0. The normalized spacial score (nSPS) is 10.9. The molecule has 2 N–H and O–H groups in total. The molecule has 102 valence electrons. The summed E-state index contributed by atoms with van der Waals surface area (Å²) in [5, 5.41) is 18.7. The van der Waals surface area contributed by atoms with Crippen LogP contribution in [0, 0.1) is 6.92 Å². The van der Waals surface area contributed by atoms with E-state index in [1.807, 2.05) is 25.1 Å². The van der Waals surface area contributed by atoms with Crippen LogP contribution in [0.1, 0.15) is 16.1 Å². The molecule has 2 aromatic rings. The Bertz CT molecular complexity index is 570. The Morgan fingerprint density at radius 2 is 1.89 bits per heavy atom. The van der Waals surface area contributed by atoms with Crippen molar-refractivity contribution in [1.29, 1.82) is 0 Å². The molecule has 5 heteroatoms. The van der Waals surface area contributed by atoms with Gasteiger partial charge in [-0.25, -0.2) is 0 Å². The molecule has 1 amide bonds. The lowest BCUT2D eigenvalue weighted by atomic mass is 10.2. The Morgan fingerprint density at radius 3 is 2.53 bits per heavy atom. The van der Waals surface area contributed by atoms with E-state index in [0.29, 0.717) is 5.58 Å². The Labute approximate surface area is 111 Å². The van der Waals surface area contributed by atoms with Crippen molar-refractivity contribution in [2.75, 3.05) is 26.3 Å². The van der Waals surface area contributed by atoms with Gasteiger partial charge in [-0.15, -0.1) is 0 Å². The van der Waals surface area contributed by atoms with E-state index >= 15 is 0 Å². The van der Waals surface area contributed by atoms with Crippen LogP contribution in [0.5, 0.6) is 0 Å². The minimum absolute atomic E-state index is 0.148. The monoisotopic (exact) mass is 263 g/mol. The van der Waals surface area contributed by atoms with Gasteiger partial charge in [0, 0.05) is 18.5 Å². The van der Waals surface area contributed by atoms with Crippen LogP contribution in [0.4, 0.5) is 0 Å².